The number of piperidine rings is 1. The zero-order valence-electron chi connectivity index (χ0n) is 19.0. The van der Waals surface area contributed by atoms with Crippen molar-refractivity contribution in [1.82, 2.24) is 9.80 Å². The van der Waals surface area contributed by atoms with Crippen molar-refractivity contribution in [2.75, 3.05) is 19.6 Å². The second-order valence-corrected chi connectivity index (χ2v) is 10.3. The topological polar surface area (TPSA) is 49.9 Å². The van der Waals surface area contributed by atoms with Gasteiger partial charge in [-0.25, -0.2) is 4.79 Å². The molecule has 3 rings (SSSR count). The first kappa shape index (κ1) is 22.9. The van der Waals surface area contributed by atoms with Crippen LogP contribution < -0.4 is 0 Å². The van der Waals surface area contributed by atoms with E-state index in [1.807, 2.05) is 36.6 Å². The summed E-state index contributed by atoms with van der Waals surface area (Å²) in [5.41, 5.74) is 2.46. The number of ether oxygens (including phenoxy) is 1. The number of fused-ring (bicyclic) bond motifs is 1. The van der Waals surface area contributed by atoms with Gasteiger partial charge in [0.15, 0.2) is 0 Å². The maximum absolute atomic E-state index is 12.8. The number of benzene rings is 1. The van der Waals surface area contributed by atoms with E-state index in [0.29, 0.717) is 29.0 Å². The lowest BCUT2D eigenvalue weighted by Crippen LogP contribution is -2.42. The maximum atomic E-state index is 12.8. The van der Waals surface area contributed by atoms with E-state index < -0.39 is 5.60 Å². The lowest BCUT2D eigenvalue weighted by molar-refractivity contribution is 0.0184. The number of nitrogens with zero attached hydrogens (tertiary/aromatic N) is 2. The Balaban J connectivity index is 1.60. The highest BCUT2D eigenvalue weighted by atomic mass is 35.5. The Bertz CT molecular complexity index is 794. The quantitative estimate of drug-likeness (QED) is 0.612. The molecule has 1 saturated heterocycles. The summed E-state index contributed by atoms with van der Waals surface area (Å²) in [6.07, 6.45) is 3.66. The Morgan fingerprint density at radius 3 is 2.53 bits per heavy atom. The lowest BCUT2D eigenvalue weighted by atomic mass is 9.89. The third kappa shape index (κ3) is 5.48. The Hall–Kier alpha value is -1.75. The molecule has 1 aromatic carbocycles. The van der Waals surface area contributed by atoms with Crippen LogP contribution in [0.5, 0.6) is 0 Å². The van der Waals surface area contributed by atoms with E-state index in [-0.39, 0.29) is 12.0 Å². The van der Waals surface area contributed by atoms with Crippen LogP contribution in [0, 0.1) is 11.8 Å². The minimum atomic E-state index is -0.463. The third-order valence-electron chi connectivity index (χ3n) is 6.11. The van der Waals surface area contributed by atoms with Crippen LogP contribution >= 0.6 is 11.6 Å². The van der Waals surface area contributed by atoms with E-state index in [9.17, 15) is 9.59 Å². The molecule has 0 saturated carbocycles. The fourth-order valence-corrected chi connectivity index (χ4v) is 4.62. The van der Waals surface area contributed by atoms with Crippen LogP contribution in [0.2, 0.25) is 5.02 Å². The summed E-state index contributed by atoms with van der Waals surface area (Å²) in [4.78, 5) is 28.8. The number of amides is 2. The van der Waals surface area contributed by atoms with Gasteiger partial charge in [-0.05, 0) is 69.1 Å². The van der Waals surface area contributed by atoms with Gasteiger partial charge < -0.3 is 14.5 Å². The Morgan fingerprint density at radius 1 is 1.27 bits per heavy atom. The Labute approximate surface area is 185 Å². The molecule has 30 heavy (non-hydrogen) atoms. The molecule has 0 aliphatic carbocycles. The molecular weight excluding hydrogens is 400 g/mol. The first-order valence-corrected chi connectivity index (χ1v) is 11.5. The molecular formula is C24H35ClN2O3. The van der Waals surface area contributed by atoms with Gasteiger partial charge in [0.2, 0.25) is 0 Å². The monoisotopic (exact) mass is 434 g/mol. The number of likely N-dealkylation sites (tertiary alicyclic amines) is 1. The molecule has 5 nitrogen and oxygen atoms in total. The summed E-state index contributed by atoms with van der Waals surface area (Å²) in [6.45, 7) is 12.9. The number of carbonyl (C=O) groups is 2. The molecule has 0 bridgehead atoms. The Morgan fingerprint density at radius 2 is 1.93 bits per heavy atom. The van der Waals surface area contributed by atoms with Crippen LogP contribution in [-0.4, -0.2) is 47.0 Å². The normalized spacial score (nSPS) is 18.5. The van der Waals surface area contributed by atoms with Crippen molar-refractivity contribution >= 4 is 23.6 Å². The number of rotatable bonds is 5. The summed E-state index contributed by atoms with van der Waals surface area (Å²) >= 11 is 6.53. The van der Waals surface area contributed by atoms with Crippen molar-refractivity contribution in [2.45, 2.75) is 72.4 Å². The van der Waals surface area contributed by atoms with E-state index in [0.717, 1.165) is 50.9 Å². The molecule has 2 heterocycles. The molecule has 1 unspecified atom stereocenters. The van der Waals surface area contributed by atoms with Gasteiger partial charge in [0.25, 0.3) is 5.91 Å². The molecule has 2 aliphatic rings. The van der Waals surface area contributed by atoms with Gasteiger partial charge in [-0.1, -0.05) is 37.9 Å². The number of hydrogen-bond acceptors (Lipinski definition) is 3. The molecule has 2 amide bonds. The van der Waals surface area contributed by atoms with Gasteiger partial charge in [0.1, 0.15) is 5.60 Å². The predicted molar refractivity (Wildman–Crippen MR) is 120 cm³/mol. The average molecular weight is 435 g/mol. The van der Waals surface area contributed by atoms with Crippen LogP contribution in [0.15, 0.2) is 12.1 Å². The molecule has 0 aromatic heterocycles. The fraction of sp³-hybridized carbons (Fsp3) is 0.667. The second kappa shape index (κ2) is 9.17. The molecule has 0 N–H and O–H groups in total. The first-order valence-electron chi connectivity index (χ1n) is 11.2. The molecule has 0 spiro atoms. The minimum Gasteiger partial charge on any atom is -0.444 e. The zero-order chi connectivity index (χ0) is 22.1. The van der Waals surface area contributed by atoms with E-state index in [1.54, 1.807) is 0 Å². The highest BCUT2D eigenvalue weighted by Gasteiger charge is 2.32. The van der Waals surface area contributed by atoms with Crippen molar-refractivity contribution in [3.8, 4) is 0 Å². The summed E-state index contributed by atoms with van der Waals surface area (Å²) < 4.78 is 5.49. The zero-order valence-corrected chi connectivity index (χ0v) is 19.7. The largest absolute Gasteiger partial charge is 0.444 e. The summed E-state index contributed by atoms with van der Waals surface area (Å²) in [6, 6.07) is 4.13. The van der Waals surface area contributed by atoms with Crippen molar-refractivity contribution < 1.29 is 14.3 Å². The number of halogens is 1. The van der Waals surface area contributed by atoms with Gasteiger partial charge in [-0.2, -0.15) is 0 Å². The summed E-state index contributed by atoms with van der Waals surface area (Å²) in [7, 11) is 0. The third-order valence-corrected chi connectivity index (χ3v) is 6.41. The molecule has 1 fully saturated rings. The van der Waals surface area contributed by atoms with E-state index in [4.69, 9.17) is 16.3 Å². The van der Waals surface area contributed by atoms with Crippen LogP contribution in [0.3, 0.4) is 0 Å². The number of carbonyl (C=O) groups excluding carboxylic acids is 2. The van der Waals surface area contributed by atoms with E-state index in [2.05, 4.69) is 19.9 Å². The van der Waals surface area contributed by atoms with Crippen LogP contribution in [0.4, 0.5) is 4.79 Å². The van der Waals surface area contributed by atoms with Crippen molar-refractivity contribution in [1.29, 1.82) is 0 Å². The minimum absolute atomic E-state index is 0.0625. The van der Waals surface area contributed by atoms with Crippen LogP contribution in [0.1, 0.15) is 75.4 Å². The second-order valence-electron chi connectivity index (χ2n) is 9.93. The van der Waals surface area contributed by atoms with Crippen LogP contribution in [0.25, 0.3) is 0 Å². The first-order chi connectivity index (χ1) is 14.1. The molecule has 166 valence electrons. The smallest absolute Gasteiger partial charge is 0.410 e. The van der Waals surface area contributed by atoms with Gasteiger partial charge >= 0.3 is 6.09 Å². The molecule has 2 aliphatic heterocycles. The highest BCUT2D eigenvalue weighted by Crippen LogP contribution is 2.33. The van der Waals surface area contributed by atoms with Crippen LogP contribution in [-0.2, 0) is 17.7 Å². The SMILES string of the molecule is CCC(C)CN1Cc2cc(CC3CCN(C(=O)OC(C)(C)C)CC3)cc(Cl)c2C1=O. The summed E-state index contributed by atoms with van der Waals surface area (Å²) in [5.74, 6) is 1.05. The van der Waals surface area contributed by atoms with E-state index in [1.165, 1.54) is 5.56 Å². The fourth-order valence-electron chi connectivity index (χ4n) is 4.28. The van der Waals surface area contributed by atoms with Crippen molar-refractivity contribution in [3.05, 3.63) is 33.8 Å². The van der Waals surface area contributed by atoms with Crippen molar-refractivity contribution in [3.63, 3.8) is 0 Å². The van der Waals surface area contributed by atoms with Gasteiger partial charge in [-0.3, -0.25) is 4.79 Å². The highest BCUT2D eigenvalue weighted by molar-refractivity contribution is 6.34. The number of hydrogen-bond donors (Lipinski definition) is 0. The molecule has 1 aromatic rings. The van der Waals surface area contributed by atoms with Gasteiger partial charge in [-0.15, -0.1) is 0 Å². The van der Waals surface area contributed by atoms with E-state index >= 15 is 0 Å². The molecule has 0 radical (unpaired) electrons. The molecule has 1 atom stereocenters. The van der Waals surface area contributed by atoms with Crippen molar-refractivity contribution in [2.24, 2.45) is 11.8 Å². The summed E-state index contributed by atoms with van der Waals surface area (Å²) in [5, 5.41) is 0.574. The standard InChI is InChI=1S/C24H35ClN2O3/c1-6-16(2)14-27-15-19-12-18(13-20(25)21(19)22(27)28)11-17-7-9-26(10-8-17)23(29)30-24(3,4)5/h12-13,16-17H,6-11,14-15H2,1-5H3. The maximum Gasteiger partial charge on any atom is 0.410 e. The Kier molecular flexibility index (Phi) is 7.01. The van der Waals surface area contributed by atoms with Gasteiger partial charge in [0.05, 0.1) is 10.6 Å². The predicted octanol–water partition coefficient (Wildman–Crippen LogP) is 5.53. The van der Waals surface area contributed by atoms with Gasteiger partial charge in [0, 0.05) is 26.2 Å². The molecule has 6 heteroatoms. The lowest BCUT2D eigenvalue weighted by Gasteiger charge is -2.33. The average Bonchev–Trinajstić information content (AvgIpc) is 2.96.